The molecule has 2 heteroatoms. The number of carbonyl (C=O) groups excluding carboxylic acids is 1. The van der Waals surface area contributed by atoms with Crippen LogP contribution in [0.25, 0.3) is 0 Å². The van der Waals surface area contributed by atoms with Crippen LogP contribution in [0.4, 0.5) is 0 Å². The van der Waals surface area contributed by atoms with Gasteiger partial charge in [-0.05, 0) is 25.7 Å². The van der Waals surface area contributed by atoms with Crippen LogP contribution < -0.4 is 0 Å². The van der Waals surface area contributed by atoms with E-state index < -0.39 is 0 Å². The molecule has 1 fully saturated rings. The molecular weight excluding hydrogens is 152 g/mol. The summed E-state index contributed by atoms with van der Waals surface area (Å²) in [5, 5.41) is 0. The SMILES string of the molecule is CCOC(=O)C1CCCC(C)C1. The summed E-state index contributed by atoms with van der Waals surface area (Å²) >= 11 is 0. The first kappa shape index (κ1) is 9.56. The van der Waals surface area contributed by atoms with E-state index in [-0.39, 0.29) is 11.9 Å². The molecule has 0 saturated heterocycles. The minimum atomic E-state index is 0.0176. The van der Waals surface area contributed by atoms with Crippen LogP contribution in [0.2, 0.25) is 0 Å². The van der Waals surface area contributed by atoms with E-state index in [1.54, 1.807) is 0 Å². The Bertz CT molecular complexity index is 154. The number of hydrogen-bond acceptors (Lipinski definition) is 2. The van der Waals surface area contributed by atoms with Gasteiger partial charge in [-0.25, -0.2) is 0 Å². The van der Waals surface area contributed by atoms with Crippen molar-refractivity contribution in [2.24, 2.45) is 11.8 Å². The average Bonchev–Trinajstić information content (AvgIpc) is 2.05. The number of esters is 1. The molecule has 1 aliphatic carbocycles. The maximum atomic E-state index is 11.3. The van der Waals surface area contributed by atoms with Crippen LogP contribution in [0.15, 0.2) is 0 Å². The van der Waals surface area contributed by atoms with E-state index in [4.69, 9.17) is 4.74 Å². The lowest BCUT2D eigenvalue weighted by molar-refractivity contribution is -0.149. The zero-order valence-electron chi connectivity index (χ0n) is 8.01. The molecule has 0 aromatic rings. The van der Waals surface area contributed by atoms with Crippen LogP contribution in [0.5, 0.6) is 0 Å². The Hall–Kier alpha value is -0.530. The summed E-state index contributed by atoms with van der Waals surface area (Å²) in [5.41, 5.74) is 0. The lowest BCUT2D eigenvalue weighted by Crippen LogP contribution is -2.23. The van der Waals surface area contributed by atoms with Crippen LogP contribution in [0.3, 0.4) is 0 Å². The van der Waals surface area contributed by atoms with E-state index in [0.29, 0.717) is 12.5 Å². The second-order valence-corrected chi connectivity index (χ2v) is 3.72. The van der Waals surface area contributed by atoms with Crippen molar-refractivity contribution in [2.45, 2.75) is 39.5 Å². The molecule has 1 rings (SSSR count). The van der Waals surface area contributed by atoms with Gasteiger partial charge in [0.25, 0.3) is 0 Å². The van der Waals surface area contributed by atoms with Crippen molar-refractivity contribution in [1.29, 1.82) is 0 Å². The largest absolute Gasteiger partial charge is 0.466 e. The molecule has 0 radical (unpaired) electrons. The van der Waals surface area contributed by atoms with E-state index >= 15 is 0 Å². The molecule has 1 saturated carbocycles. The highest BCUT2D eigenvalue weighted by molar-refractivity contribution is 5.72. The van der Waals surface area contributed by atoms with Gasteiger partial charge in [-0.15, -0.1) is 0 Å². The Morgan fingerprint density at radius 3 is 2.83 bits per heavy atom. The highest BCUT2D eigenvalue weighted by Crippen LogP contribution is 2.29. The van der Waals surface area contributed by atoms with Crippen molar-refractivity contribution in [3.8, 4) is 0 Å². The molecule has 1 aliphatic rings. The predicted molar refractivity (Wildman–Crippen MR) is 47.8 cm³/mol. The predicted octanol–water partition coefficient (Wildman–Crippen LogP) is 2.38. The van der Waals surface area contributed by atoms with Crippen LogP contribution in [0, 0.1) is 11.8 Å². The van der Waals surface area contributed by atoms with Gasteiger partial charge in [0.15, 0.2) is 0 Å². The fourth-order valence-electron chi connectivity index (χ4n) is 1.91. The van der Waals surface area contributed by atoms with Gasteiger partial charge in [-0.3, -0.25) is 4.79 Å². The third kappa shape index (κ3) is 2.50. The highest BCUT2D eigenvalue weighted by Gasteiger charge is 2.25. The molecule has 0 heterocycles. The molecule has 2 unspecified atom stereocenters. The number of carbonyl (C=O) groups is 1. The third-order valence-electron chi connectivity index (χ3n) is 2.56. The first-order valence-electron chi connectivity index (χ1n) is 4.90. The summed E-state index contributed by atoms with van der Waals surface area (Å²) in [4.78, 5) is 11.3. The van der Waals surface area contributed by atoms with E-state index in [1.807, 2.05) is 6.92 Å². The Balaban J connectivity index is 2.35. The first-order valence-corrected chi connectivity index (χ1v) is 4.90. The molecule has 12 heavy (non-hydrogen) atoms. The molecule has 0 spiro atoms. The Labute approximate surface area is 74.3 Å². The zero-order valence-corrected chi connectivity index (χ0v) is 8.01. The first-order chi connectivity index (χ1) is 5.74. The minimum Gasteiger partial charge on any atom is -0.466 e. The van der Waals surface area contributed by atoms with E-state index in [0.717, 1.165) is 12.8 Å². The molecule has 0 aromatic heterocycles. The van der Waals surface area contributed by atoms with Crippen LogP contribution in [0.1, 0.15) is 39.5 Å². The lowest BCUT2D eigenvalue weighted by Gasteiger charge is -2.24. The summed E-state index contributed by atoms with van der Waals surface area (Å²) in [5.74, 6) is 0.908. The van der Waals surface area contributed by atoms with Crippen molar-refractivity contribution >= 4 is 5.97 Å². The van der Waals surface area contributed by atoms with E-state index in [9.17, 15) is 4.79 Å². The summed E-state index contributed by atoms with van der Waals surface area (Å²) in [6.45, 7) is 4.60. The standard InChI is InChI=1S/C10H18O2/c1-3-12-10(11)9-6-4-5-8(2)7-9/h8-9H,3-7H2,1-2H3. The van der Waals surface area contributed by atoms with Crippen LogP contribution in [-0.4, -0.2) is 12.6 Å². The van der Waals surface area contributed by atoms with E-state index in [1.165, 1.54) is 12.8 Å². The van der Waals surface area contributed by atoms with Gasteiger partial charge in [-0.1, -0.05) is 19.8 Å². The number of ether oxygens (including phenoxy) is 1. The van der Waals surface area contributed by atoms with Crippen molar-refractivity contribution in [3.63, 3.8) is 0 Å². The minimum absolute atomic E-state index is 0.0176. The summed E-state index contributed by atoms with van der Waals surface area (Å²) < 4.78 is 4.99. The third-order valence-corrected chi connectivity index (χ3v) is 2.56. The Morgan fingerprint density at radius 2 is 2.25 bits per heavy atom. The summed E-state index contributed by atoms with van der Waals surface area (Å²) in [6.07, 6.45) is 4.52. The van der Waals surface area contributed by atoms with Crippen molar-refractivity contribution in [2.75, 3.05) is 6.61 Å². The zero-order chi connectivity index (χ0) is 8.97. The monoisotopic (exact) mass is 170 g/mol. The van der Waals surface area contributed by atoms with Gasteiger partial charge in [0.1, 0.15) is 0 Å². The molecule has 70 valence electrons. The molecule has 0 aromatic carbocycles. The van der Waals surface area contributed by atoms with Crippen molar-refractivity contribution in [3.05, 3.63) is 0 Å². The molecule has 2 nitrogen and oxygen atoms in total. The van der Waals surface area contributed by atoms with Gasteiger partial charge >= 0.3 is 5.97 Å². The second-order valence-electron chi connectivity index (χ2n) is 3.72. The maximum Gasteiger partial charge on any atom is 0.308 e. The molecule has 2 atom stereocenters. The maximum absolute atomic E-state index is 11.3. The lowest BCUT2D eigenvalue weighted by atomic mass is 9.82. The van der Waals surface area contributed by atoms with Gasteiger partial charge in [-0.2, -0.15) is 0 Å². The van der Waals surface area contributed by atoms with Crippen molar-refractivity contribution in [1.82, 2.24) is 0 Å². The number of hydrogen-bond donors (Lipinski definition) is 0. The fourth-order valence-corrected chi connectivity index (χ4v) is 1.91. The van der Waals surface area contributed by atoms with Gasteiger partial charge in [0.05, 0.1) is 12.5 Å². The van der Waals surface area contributed by atoms with Gasteiger partial charge in [0, 0.05) is 0 Å². The molecule has 0 bridgehead atoms. The molecular formula is C10H18O2. The topological polar surface area (TPSA) is 26.3 Å². The number of rotatable bonds is 2. The Kier molecular flexibility index (Phi) is 3.57. The fraction of sp³-hybridized carbons (Fsp3) is 0.900. The van der Waals surface area contributed by atoms with Gasteiger partial charge in [0.2, 0.25) is 0 Å². The normalized spacial score (nSPS) is 29.8. The van der Waals surface area contributed by atoms with Crippen molar-refractivity contribution < 1.29 is 9.53 Å². The molecule has 0 aliphatic heterocycles. The summed E-state index contributed by atoms with van der Waals surface area (Å²) in [7, 11) is 0. The molecule has 0 amide bonds. The quantitative estimate of drug-likeness (QED) is 0.595. The van der Waals surface area contributed by atoms with E-state index in [2.05, 4.69) is 6.92 Å². The smallest absolute Gasteiger partial charge is 0.308 e. The van der Waals surface area contributed by atoms with Gasteiger partial charge < -0.3 is 4.74 Å². The second kappa shape index (κ2) is 4.48. The molecule has 0 N–H and O–H groups in total. The van der Waals surface area contributed by atoms with Crippen LogP contribution in [-0.2, 0) is 9.53 Å². The highest BCUT2D eigenvalue weighted by atomic mass is 16.5. The van der Waals surface area contributed by atoms with Crippen LogP contribution >= 0.6 is 0 Å². The Morgan fingerprint density at radius 1 is 1.50 bits per heavy atom. The summed E-state index contributed by atoms with van der Waals surface area (Å²) in [6, 6.07) is 0. The average molecular weight is 170 g/mol.